The van der Waals surface area contributed by atoms with Gasteiger partial charge in [0, 0.05) is 0 Å². The average molecular weight is 215 g/mol. The maximum Gasteiger partial charge on any atom is 0.125 e. The Morgan fingerprint density at radius 1 is 1.38 bits per heavy atom. The third-order valence-electron chi connectivity index (χ3n) is 3.32. The minimum atomic E-state index is -0.104. The number of nitrogens with zero attached hydrogens (tertiary/aromatic N) is 1. The zero-order valence-electron chi connectivity index (χ0n) is 10.1. The van der Waals surface area contributed by atoms with E-state index < -0.39 is 0 Å². The van der Waals surface area contributed by atoms with E-state index >= 15 is 0 Å². The molecule has 2 rings (SSSR count). The van der Waals surface area contributed by atoms with Crippen molar-refractivity contribution in [2.45, 2.75) is 33.1 Å². The topological polar surface area (TPSA) is 33.0 Å². The maximum absolute atomic E-state index is 9.13. The number of methoxy groups -OCH3 is 1. The molecule has 0 N–H and O–H groups in total. The highest BCUT2D eigenvalue weighted by Gasteiger charge is 2.43. The van der Waals surface area contributed by atoms with Crippen molar-refractivity contribution >= 4 is 0 Å². The molecule has 0 bridgehead atoms. The van der Waals surface area contributed by atoms with Gasteiger partial charge in [0.25, 0.3) is 0 Å². The van der Waals surface area contributed by atoms with E-state index in [1.54, 1.807) is 7.11 Å². The van der Waals surface area contributed by atoms with Crippen molar-refractivity contribution in [3.63, 3.8) is 0 Å². The van der Waals surface area contributed by atoms with E-state index in [9.17, 15) is 0 Å². The van der Waals surface area contributed by atoms with Gasteiger partial charge in [-0.15, -0.1) is 0 Å². The van der Waals surface area contributed by atoms with Gasteiger partial charge in [0.15, 0.2) is 0 Å². The highest BCUT2D eigenvalue weighted by atomic mass is 16.5. The maximum atomic E-state index is 9.13. The molecule has 1 saturated carbocycles. The van der Waals surface area contributed by atoms with Gasteiger partial charge in [0.05, 0.1) is 18.6 Å². The van der Waals surface area contributed by atoms with Crippen LogP contribution < -0.4 is 4.74 Å². The summed E-state index contributed by atoms with van der Waals surface area (Å²) < 4.78 is 5.44. The lowest BCUT2D eigenvalue weighted by Gasteiger charge is -2.14. The van der Waals surface area contributed by atoms with Gasteiger partial charge < -0.3 is 4.74 Å². The van der Waals surface area contributed by atoms with Gasteiger partial charge in [-0.05, 0) is 44.2 Å². The first-order valence-electron chi connectivity index (χ1n) is 5.65. The zero-order chi connectivity index (χ0) is 11.8. The number of ether oxygens (including phenoxy) is 1. The molecule has 0 atom stereocenters. The molecule has 1 aromatic rings. The molecule has 1 aliphatic rings. The summed E-state index contributed by atoms with van der Waals surface area (Å²) in [4.78, 5) is 0. The molecular weight excluding hydrogens is 198 g/mol. The Hall–Kier alpha value is -1.49. The van der Waals surface area contributed by atoms with Gasteiger partial charge >= 0.3 is 0 Å². The predicted octanol–water partition coefficient (Wildman–Crippen LogP) is 3.16. The molecule has 0 aromatic heterocycles. The zero-order valence-corrected chi connectivity index (χ0v) is 10.1. The Labute approximate surface area is 96.9 Å². The minimum absolute atomic E-state index is 0.104. The molecule has 0 unspecified atom stereocenters. The monoisotopic (exact) mass is 215 g/mol. The quantitative estimate of drug-likeness (QED) is 0.776. The van der Waals surface area contributed by atoms with Crippen molar-refractivity contribution in [3.8, 4) is 11.8 Å². The van der Waals surface area contributed by atoms with Crippen LogP contribution in [0.1, 0.15) is 29.5 Å². The van der Waals surface area contributed by atoms with Gasteiger partial charge in [0.2, 0.25) is 0 Å². The first-order valence-corrected chi connectivity index (χ1v) is 5.65. The first-order chi connectivity index (χ1) is 7.60. The van der Waals surface area contributed by atoms with Crippen LogP contribution in [0.5, 0.6) is 5.75 Å². The molecule has 0 radical (unpaired) electrons. The third-order valence-corrected chi connectivity index (χ3v) is 3.32. The van der Waals surface area contributed by atoms with Gasteiger partial charge in [-0.25, -0.2) is 0 Å². The van der Waals surface area contributed by atoms with Gasteiger partial charge in [-0.1, -0.05) is 17.7 Å². The van der Waals surface area contributed by atoms with Crippen LogP contribution in [-0.2, 0) is 6.42 Å². The van der Waals surface area contributed by atoms with Crippen LogP contribution in [0.15, 0.2) is 12.1 Å². The number of nitriles is 1. The minimum Gasteiger partial charge on any atom is -0.496 e. The molecular formula is C14H17NO. The Morgan fingerprint density at radius 3 is 2.56 bits per heavy atom. The van der Waals surface area contributed by atoms with Crippen molar-refractivity contribution in [2.75, 3.05) is 7.11 Å². The van der Waals surface area contributed by atoms with E-state index in [0.29, 0.717) is 0 Å². The van der Waals surface area contributed by atoms with Gasteiger partial charge in [0.1, 0.15) is 5.75 Å². The molecule has 0 amide bonds. The summed E-state index contributed by atoms with van der Waals surface area (Å²) in [6.45, 7) is 4.14. The van der Waals surface area contributed by atoms with Crippen LogP contribution in [0.25, 0.3) is 0 Å². The second-order valence-corrected chi connectivity index (χ2v) is 4.84. The molecule has 1 aliphatic carbocycles. The van der Waals surface area contributed by atoms with E-state index in [1.807, 2.05) is 0 Å². The van der Waals surface area contributed by atoms with Gasteiger partial charge in [-0.3, -0.25) is 0 Å². The first kappa shape index (κ1) is 11.0. The van der Waals surface area contributed by atoms with E-state index in [2.05, 4.69) is 32.0 Å². The normalized spacial score (nSPS) is 16.6. The molecule has 0 aliphatic heterocycles. The number of hydrogen-bond donors (Lipinski definition) is 0. The number of benzene rings is 1. The second kappa shape index (κ2) is 3.83. The largest absolute Gasteiger partial charge is 0.496 e. The molecule has 1 fully saturated rings. The molecule has 1 aromatic carbocycles. The summed E-state index contributed by atoms with van der Waals surface area (Å²) >= 11 is 0. The lowest BCUT2D eigenvalue weighted by atomic mass is 9.94. The highest BCUT2D eigenvalue weighted by molar-refractivity contribution is 5.45. The number of rotatable bonds is 3. The summed E-state index contributed by atoms with van der Waals surface area (Å²) in [7, 11) is 1.70. The van der Waals surface area contributed by atoms with Gasteiger partial charge in [-0.2, -0.15) is 5.26 Å². The van der Waals surface area contributed by atoms with E-state index in [4.69, 9.17) is 10.00 Å². The van der Waals surface area contributed by atoms with Crippen LogP contribution in [0.2, 0.25) is 0 Å². The lowest BCUT2D eigenvalue weighted by molar-refractivity contribution is 0.403. The van der Waals surface area contributed by atoms with E-state index in [1.165, 1.54) is 11.1 Å². The Morgan fingerprint density at radius 2 is 2.06 bits per heavy atom. The van der Waals surface area contributed by atoms with Crippen molar-refractivity contribution < 1.29 is 4.74 Å². The van der Waals surface area contributed by atoms with Crippen LogP contribution in [0.3, 0.4) is 0 Å². The highest BCUT2D eigenvalue weighted by Crippen LogP contribution is 2.49. The fourth-order valence-corrected chi connectivity index (χ4v) is 2.31. The van der Waals surface area contributed by atoms with Crippen molar-refractivity contribution in [2.24, 2.45) is 5.41 Å². The summed E-state index contributed by atoms with van der Waals surface area (Å²) in [6, 6.07) is 6.70. The number of hydrogen-bond acceptors (Lipinski definition) is 2. The van der Waals surface area contributed by atoms with Crippen molar-refractivity contribution in [1.82, 2.24) is 0 Å². The van der Waals surface area contributed by atoms with Crippen LogP contribution >= 0.6 is 0 Å². The second-order valence-electron chi connectivity index (χ2n) is 4.84. The fraction of sp³-hybridized carbons (Fsp3) is 0.500. The molecule has 16 heavy (non-hydrogen) atoms. The van der Waals surface area contributed by atoms with Crippen molar-refractivity contribution in [1.29, 1.82) is 5.26 Å². The fourth-order valence-electron chi connectivity index (χ4n) is 2.31. The Balaban J connectivity index is 2.36. The van der Waals surface area contributed by atoms with Crippen LogP contribution in [0.4, 0.5) is 0 Å². The summed E-state index contributed by atoms with van der Waals surface area (Å²) in [5, 5.41) is 9.13. The molecule has 84 valence electrons. The van der Waals surface area contributed by atoms with Crippen LogP contribution in [-0.4, -0.2) is 7.11 Å². The molecule has 2 heteroatoms. The summed E-state index contributed by atoms with van der Waals surface area (Å²) in [5.41, 5.74) is 3.47. The van der Waals surface area contributed by atoms with Crippen LogP contribution in [0, 0.1) is 30.6 Å². The smallest absolute Gasteiger partial charge is 0.125 e. The van der Waals surface area contributed by atoms with E-state index in [0.717, 1.165) is 30.6 Å². The predicted molar refractivity (Wildman–Crippen MR) is 63.5 cm³/mol. The molecule has 0 heterocycles. The SMILES string of the molecule is COc1c(C)cc(C)cc1CC1(C#N)CC1. The molecule has 0 spiro atoms. The average Bonchev–Trinajstić information content (AvgIpc) is 2.98. The summed E-state index contributed by atoms with van der Waals surface area (Å²) in [6.07, 6.45) is 2.88. The van der Waals surface area contributed by atoms with E-state index in [-0.39, 0.29) is 5.41 Å². The Kier molecular flexibility index (Phi) is 2.63. The molecule has 0 saturated heterocycles. The molecule has 2 nitrogen and oxygen atoms in total. The lowest BCUT2D eigenvalue weighted by Crippen LogP contribution is -2.05. The number of aryl methyl sites for hydroxylation is 2. The standard InChI is InChI=1S/C14H17NO/c1-10-6-11(2)13(16-3)12(7-10)8-14(9-15)4-5-14/h6-7H,4-5,8H2,1-3H3. The summed E-state index contributed by atoms with van der Waals surface area (Å²) in [5.74, 6) is 0.951. The third kappa shape index (κ3) is 1.90. The van der Waals surface area contributed by atoms with Crippen molar-refractivity contribution in [3.05, 3.63) is 28.8 Å². The Bertz CT molecular complexity index is 453.